The molecule has 0 unspecified atom stereocenters. The van der Waals surface area contributed by atoms with Gasteiger partial charge in [-0.15, -0.1) is 0 Å². The lowest BCUT2D eigenvalue weighted by atomic mass is 10.2. The molecule has 0 aromatic heterocycles. The molecule has 0 aliphatic heterocycles. The summed E-state index contributed by atoms with van der Waals surface area (Å²) in [5.74, 6) is -0.279. The Morgan fingerprint density at radius 1 is 1.60 bits per heavy atom. The molecular formula is C8H13NO. The number of carbonyl (C=O) groups is 1. The molecule has 0 rings (SSSR count). The summed E-state index contributed by atoms with van der Waals surface area (Å²) in [4.78, 5) is 10.3. The van der Waals surface area contributed by atoms with Crippen LogP contribution in [0.1, 0.15) is 20.3 Å². The molecule has 0 aliphatic carbocycles. The first-order chi connectivity index (χ1) is 4.66. The van der Waals surface area contributed by atoms with Crippen LogP contribution in [0.4, 0.5) is 0 Å². The van der Waals surface area contributed by atoms with Crippen LogP contribution in [0.15, 0.2) is 23.8 Å². The van der Waals surface area contributed by atoms with E-state index in [1.54, 1.807) is 0 Å². The average Bonchev–Trinajstić information content (AvgIpc) is 1.82. The summed E-state index contributed by atoms with van der Waals surface area (Å²) in [5, 5.41) is 0. The van der Waals surface area contributed by atoms with Crippen LogP contribution >= 0.6 is 0 Å². The first-order valence-electron chi connectivity index (χ1n) is 3.23. The van der Waals surface area contributed by atoms with E-state index in [2.05, 4.69) is 0 Å². The van der Waals surface area contributed by atoms with Gasteiger partial charge in [-0.25, -0.2) is 0 Å². The van der Waals surface area contributed by atoms with E-state index in [0.29, 0.717) is 6.42 Å². The summed E-state index contributed by atoms with van der Waals surface area (Å²) in [6, 6.07) is 0. The van der Waals surface area contributed by atoms with Gasteiger partial charge in [0.15, 0.2) is 0 Å². The van der Waals surface area contributed by atoms with Gasteiger partial charge < -0.3 is 5.73 Å². The van der Waals surface area contributed by atoms with Gasteiger partial charge in [0.1, 0.15) is 0 Å². The van der Waals surface area contributed by atoms with Gasteiger partial charge in [0.25, 0.3) is 0 Å². The largest absolute Gasteiger partial charge is 0.369 e. The number of amides is 1. The number of rotatable bonds is 3. The van der Waals surface area contributed by atoms with Crippen LogP contribution < -0.4 is 5.73 Å². The molecule has 0 radical (unpaired) electrons. The molecule has 0 saturated carbocycles. The third-order valence-corrected chi connectivity index (χ3v) is 1.03. The monoisotopic (exact) mass is 139 g/mol. The number of hydrogen-bond acceptors (Lipinski definition) is 1. The van der Waals surface area contributed by atoms with Gasteiger partial charge >= 0.3 is 0 Å². The highest BCUT2D eigenvalue weighted by Gasteiger charge is 1.92. The van der Waals surface area contributed by atoms with Crippen molar-refractivity contribution in [1.29, 1.82) is 0 Å². The second-order valence-electron chi connectivity index (χ2n) is 2.18. The van der Waals surface area contributed by atoms with E-state index in [1.165, 1.54) is 0 Å². The number of hydrogen-bond donors (Lipinski definition) is 1. The predicted octanol–water partition coefficient (Wildman–Crippen LogP) is 1.38. The normalized spacial score (nSPS) is 12.4. The summed E-state index contributed by atoms with van der Waals surface area (Å²) in [6.45, 7) is 3.80. The second kappa shape index (κ2) is 4.79. The van der Waals surface area contributed by atoms with Crippen molar-refractivity contribution in [1.82, 2.24) is 0 Å². The van der Waals surface area contributed by atoms with Crippen molar-refractivity contribution in [2.24, 2.45) is 5.73 Å². The lowest BCUT2D eigenvalue weighted by Gasteiger charge is -1.92. The summed E-state index contributed by atoms with van der Waals surface area (Å²) in [6.07, 6.45) is 6.03. The van der Waals surface area contributed by atoms with E-state index in [4.69, 9.17) is 5.73 Å². The highest BCUT2D eigenvalue weighted by atomic mass is 16.1. The standard InChI is InChI=1S/C8H13NO/c1-3-4-5-7(2)6-8(9)10/h3-5H,6H2,1-2H3,(H2,9,10)/b4-3-,7-5+. The maximum Gasteiger partial charge on any atom is 0.221 e. The van der Waals surface area contributed by atoms with E-state index < -0.39 is 0 Å². The van der Waals surface area contributed by atoms with Gasteiger partial charge in [0.2, 0.25) is 5.91 Å². The Labute approximate surface area is 61.4 Å². The van der Waals surface area contributed by atoms with Gasteiger partial charge in [-0.3, -0.25) is 4.79 Å². The molecule has 0 aromatic carbocycles. The first kappa shape index (κ1) is 8.95. The molecule has 0 bridgehead atoms. The zero-order valence-electron chi connectivity index (χ0n) is 6.42. The van der Waals surface area contributed by atoms with Gasteiger partial charge in [0, 0.05) is 6.42 Å². The summed E-state index contributed by atoms with van der Waals surface area (Å²) in [5.41, 5.74) is 5.95. The van der Waals surface area contributed by atoms with Gasteiger partial charge in [-0.1, -0.05) is 23.8 Å². The fourth-order valence-corrected chi connectivity index (χ4v) is 0.594. The fraction of sp³-hybridized carbons (Fsp3) is 0.375. The highest BCUT2D eigenvalue weighted by Crippen LogP contribution is 1.97. The summed E-state index contributed by atoms with van der Waals surface area (Å²) >= 11 is 0. The minimum absolute atomic E-state index is 0.279. The van der Waals surface area contributed by atoms with Crippen LogP contribution in [0, 0.1) is 0 Å². The van der Waals surface area contributed by atoms with Crippen molar-refractivity contribution in [2.45, 2.75) is 20.3 Å². The third-order valence-electron chi connectivity index (χ3n) is 1.03. The molecule has 56 valence electrons. The lowest BCUT2D eigenvalue weighted by Crippen LogP contribution is -2.10. The van der Waals surface area contributed by atoms with E-state index in [-0.39, 0.29) is 5.91 Å². The molecule has 10 heavy (non-hydrogen) atoms. The second-order valence-corrected chi connectivity index (χ2v) is 2.18. The number of carbonyl (C=O) groups excluding carboxylic acids is 1. The molecule has 0 saturated heterocycles. The van der Waals surface area contributed by atoms with Crippen LogP contribution in [0.5, 0.6) is 0 Å². The minimum atomic E-state index is -0.279. The third kappa shape index (κ3) is 5.09. The van der Waals surface area contributed by atoms with Crippen molar-refractivity contribution in [3.63, 3.8) is 0 Å². The molecule has 0 aromatic rings. The van der Waals surface area contributed by atoms with Crippen molar-refractivity contribution < 1.29 is 4.79 Å². The fourth-order valence-electron chi connectivity index (χ4n) is 0.594. The van der Waals surface area contributed by atoms with Gasteiger partial charge in [0.05, 0.1) is 0 Å². The Morgan fingerprint density at radius 3 is 2.60 bits per heavy atom. The Kier molecular flexibility index (Phi) is 4.29. The molecule has 1 amide bonds. The highest BCUT2D eigenvalue weighted by molar-refractivity contribution is 5.76. The molecular weight excluding hydrogens is 126 g/mol. The molecule has 2 heteroatoms. The molecule has 2 N–H and O–H groups in total. The molecule has 0 fully saturated rings. The zero-order chi connectivity index (χ0) is 7.98. The van der Waals surface area contributed by atoms with Crippen LogP contribution in [-0.4, -0.2) is 5.91 Å². The molecule has 2 nitrogen and oxygen atoms in total. The maximum absolute atomic E-state index is 10.3. The predicted molar refractivity (Wildman–Crippen MR) is 42.4 cm³/mol. The quantitative estimate of drug-likeness (QED) is 0.590. The summed E-state index contributed by atoms with van der Waals surface area (Å²) < 4.78 is 0. The van der Waals surface area contributed by atoms with Crippen molar-refractivity contribution >= 4 is 5.91 Å². The van der Waals surface area contributed by atoms with Gasteiger partial charge in [-0.05, 0) is 13.8 Å². The lowest BCUT2D eigenvalue weighted by molar-refractivity contribution is -0.117. The zero-order valence-corrected chi connectivity index (χ0v) is 6.42. The maximum atomic E-state index is 10.3. The molecule has 0 aliphatic rings. The molecule has 0 heterocycles. The number of primary amides is 1. The summed E-state index contributed by atoms with van der Waals surface area (Å²) in [7, 11) is 0. The van der Waals surface area contributed by atoms with Crippen LogP contribution in [-0.2, 0) is 4.79 Å². The van der Waals surface area contributed by atoms with E-state index in [0.717, 1.165) is 5.57 Å². The Balaban J connectivity index is 3.82. The van der Waals surface area contributed by atoms with Crippen LogP contribution in [0.2, 0.25) is 0 Å². The van der Waals surface area contributed by atoms with Crippen LogP contribution in [0.3, 0.4) is 0 Å². The minimum Gasteiger partial charge on any atom is -0.369 e. The Hall–Kier alpha value is -1.05. The Bertz CT molecular complexity index is 168. The van der Waals surface area contributed by atoms with E-state index >= 15 is 0 Å². The van der Waals surface area contributed by atoms with Crippen LogP contribution in [0.25, 0.3) is 0 Å². The molecule has 0 atom stereocenters. The van der Waals surface area contributed by atoms with Gasteiger partial charge in [-0.2, -0.15) is 0 Å². The number of allylic oxidation sites excluding steroid dienone is 3. The van der Waals surface area contributed by atoms with Crippen molar-refractivity contribution in [3.8, 4) is 0 Å². The van der Waals surface area contributed by atoms with Crippen molar-refractivity contribution in [2.75, 3.05) is 0 Å². The van der Waals surface area contributed by atoms with Crippen molar-refractivity contribution in [3.05, 3.63) is 23.8 Å². The first-order valence-corrected chi connectivity index (χ1v) is 3.23. The Morgan fingerprint density at radius 2 is 2.20 bits per heavy atom. The molecule has 0 spiro atoms. The number of nitrogens with two attached hydrogens (primary N) is 1. The SMILES string of the molecule is C/C=C\C=C(/C)CC(N)=O. The average molecular weight is 139 g/mol. The van der Waals surface area contributed by atoms with E-state index in [1.807, 2.05) is 32.1 Å². The smallest absolute Gasteiger partial charge is 0.221 e. The topological polar surface area (TPSA) is 43.1 Å². The van der Waals surface area contributed by atoms with E-state index in [9.17, 15) is 4.79 Å².